The maximum absolute atomic E-state index is 13.3. The van der Waals surface area contributed by atoms with Crippen molar-refractivity contribution in [2.24, 2.45) is 0 Å². The van der Waals surface area contributed by atoms with Crippen molar-refractivity contribution in [3.63, 3.8) is 0 Å². The van der Waals surface area contributed by atoms with Gasteiger partial charge in [0.15, 0.2) is 0 Å². The molecule has 0 heterocycles. The van der Waals surface area contributed by atoms with E-state index in [0.29, 0.717) is 23.6 Å². The molecule has 102 valence electrons. The van der Waals surface area contributed by atoms with Gasteiger partial charge in [0.2, 0.25) is 0 Å². The summed E-state index contributed by atoms with van der Waals surface area (Å²) in [7, 11) is 2.97. The minimum Gasteiger partial charge on any atom is -0.497 e. The van der Waals surface area contributed by atoms with Crippen molar-refractivity contribution in [1.82, 2.24) is 5.32 Å². The van der Waals surface area contributed by atoms with E-state index < -0.39 is 12.0 Å². The molecular formula is C13H19F2NO2. The number of rotatable bonds is 6. The average molecular weight is 259 g/mol. The van der Waals surface area contributed by atoms with Crippen LogP contribution < -0.4 is 14.8 Å². The first kappa shape index (κ1) is 14.7. The fourth-order valence-corrected chi connectivity index (χ4v) is 1.88. The van der Waals surface area contributed by atoms with E-state index in [1.165, 1.54) is 21.1 Å². The molecule has 0 spiro atoms. The molecule has 1 unspecified atom stereocenters. The van der Waals surface area contributed by atoms with Crippen LogP contribution in [0.1, 0.15) is 19.4 Å². The fourth-order valence-electron chi connectivity index (χ4n) is 1.88. The summed E-state index contributed by atoms with van der Waals surface area (Å²) in [5.74, 6) is 0.960. The Kier molecular flexibility index (Phi) is 4.90. The lowest BCUT2D eigenvalue weighted by atomic mass is 9.91. The molecule has 1 N–H and O–H groups in total. The Morgan fingerprint density at radius 3 is 2.39 bits per heavy atom. The summed E-state index contributed by atoms with van der Waals surface area (Å²) in [6, 6.07) is 4.86. The first-order valence-corrected chi connectivity index (χ1v) is 5.75. The van der Waals surface area contributed by atoms with Gasteiger partial charge in [-0.2, -0.15) is 0 Å². The van der Waals surface area contributed by atoms with Gasteiger partial charge in [-0.25, -0.2) is 8.78 Å². The van der Waals surface area contributed by atoms with E-state index in [2.05, 4.69) is 5.32 Å². The molecule has 1 aromatic rings. The first-order valence-electron chi connectivity index (χ1n) is 5.75. The van der Waals surface area contributed by atoms with Gasteiger partial charge in [0.05, 0.1) is 14.2 Å². The van der Waals surface area contributed by atoms with Crippen molar-refractivity contribution < 1.29 is 18.3 Å². The minimum atomic E-state index is -2.54. The summed E-state index contributed by atoms with van der Waals surface area (Å²) in [6.45, 7) is 3.69. The molecular weight excluding hydrogens is 240 g/mol. The Labute approximate surface area is 106 Å². The summed E-state index contributed by atoms with van der Waals surface area (Å²) in [4.78, 5) is 0. The van der Waals surface area contributed by atoms with Crippen LogP contribution in [-0.2, 0) is 5.54 Å². The molecule has 0 amide bonds. The van der Waals surface area contributed by atoms with E-state index in [-0.39, 0.29) is 0 Å². The summed E-state index contributed by atoms with van der Waals surface area (Å²) in [6.07, 6.45) is -2.54. The third-order valence-corrected chi connectivity index (χ3v) is 2.95. The van der Waals surface area contributed by atoms with Crippen LogP contribution in [0.15, 0.2) is 18.2 Å². The van der Waals surface area contributed by atoms with Crippen LogP contribution in [0.2, 0.25) is 0 Å². The third-order valence-electron chi connectivity index (χ3n) is 2.95. The number of halogens is 2. The predicted molar refractivity (Wildman–Crippen MR) is 66.6 cm³/mol. The second kappa shape index (κ2) is 6.00. The average Bonchev–Trinajstić information content (AvgIpc) is 2.37. The molecule has 0 fully saturated rings. The maximum Gasteiger partial charge on any atom is 0.260 e. The fraction of sp³-hybridized carbons (Fsp3) is 0.538. The van der Waals surface area contributed by atoms with E-state index >= 15 is 0 Å². The van der Waals surface area contributed by atoms with Crippen molar-refractivity contribution in [1.29, 1.82) is 0 Å². The SMILES string of the molecule is CCNC(C)(c1ccc(OC)cc1OC)C(F)F. The molecule has 1 aromatic carbocycles. The van der Waals surface area contributed by atoms with Crippen molar-refractivity contribution in [3.05, 3.63) is 23.8 Å². The zero-order valence-electron chi connectivity index (χ0n) is 11.1. The van der Waals surface area contributed by atoms with Crippen LogP contribution in [0.5, 0.6) is 11.5 Å². The highest BCUT2D eigenvalue weighted by atomic mass is 19.3. The van der Waals surface area contributed by atoms with Crippen LogP contribution >= 0.6 is 0 Å². The molecule has 18 heavy (non-hydrogen) atoms. The van der Waals surface area contributed by atoms with Crippen LogP contribution in [0.25, 0.3) is 0 Å². The van der Waals surface area contributed by atoms with Gasteiger partial charge in [0.25, 0.3) is 6.43 Å². The van der Waals surface area contributed by atoms with Gasteiger partial charge >= 0.3 is 0 Å². The topological polar surface area (TPSA) is 30.5 Å². The number of alkyl halides is 2. The summed E-state index contributed by atoms with van der Waals surface area (Å²) >= 11 is 0. The van der Waals surface area contributed by atoms with Crippen molar-refractivity contribution >= 4 is 0 Å². The van der Waals surface area contributed by atoms with Gasteiger partial charge in [-0.05, 0) is 25.6 Å². The minimum absolute atomic E-state index is 0.387. The van der Waals surface area contributed by atoms with E-state index in [1.54, 1.807) is 25.1 Å². The van der Waals surface area contributed by atoms with Gasteiger partial charge in [0, 0.05) is 11.6 Å². The summed E-state index contributed by atoms with van der Waals surface area (Å²) in [5, 5.41) is 2.82. The zero-order valence-corrected chi connectivity index (χ0v) is 11.1. The zero-order chi connectivity index (χ0) is 13.8. The number of nitrogens with one attached hydrogen (secondary N) is 1. The van der Waals surface area contributed by atoms with Crippen LogP contribution in [0.3, 0.4) is 0 Å². The second-order valence-corrected chi connectivity index (χ2v) is 4.10. The number of hydrogen-bond acceptors (Lipinski definition) is 3. The first-order chi connectivity index (χ1) is 8.49. The Hall–Kier alpha value is -1.36. The number of methoxy groups -OCH3 is 2. The number of ether oxygens (including phenoxy) is 2. The molecule has 0 aromatic heterocycles. The lowest BCUT2D eigenvalue weighted by Crippen LogP contribution is -2.45. The quantitative estimate of drug-likeness (QED) is 0.852. The molecule has 0 aliphatic rings. The lowest BCUT2D eigenvalue weighted by Gasteiger charge is -2.31. The van der Waals surface area contributed by atoms with E-state index in [1.807, 2.05) is 0 Å². The highest BCUT2D eigenvalue weighted by molar-refractivity contribution is 5.45. The van der Waals surface area contributed by atoms with Crippen molar-refractivity contribution in [2.45, 2.75) is 25.8 Å². The number of hydrogen-bond donors (Lipinski definition) is 1. The molecule has 0 saturated carbocycles. The highest BCUT2D eigenvalue weighted by Crippen LogP contribution is 2.36. The number of benzene rings is 1. The molecule has 0 saturated heterocycles. The normalized spacial score (nSPS) is 14.4. The smallest absolute Gasteiger partial charge is 0.260 e. The van der Waals surface area contributed by atoms with Gasteiger partial charge in [-0.3, -0.25) is 0 Å². The largest absolute Gasteiger partial charge is 0.497 e. The Morgan fingerprint density at radius 1 is 1.28 bits per heavy atom. The molecule has 3 nitrogen and oxygen atoms in total. The van der Waals surface area contributed by atoms with Crippen LogP contribution in [0, 0.1) is 0 Å². The molecule has 0 radical (unpaired) electrons. The molecule has 1 rings (SSSR count). The maximum atomic E-state index is 13.3. The third kappa shape index (κ3) is 2.72. The molecule has 0 bridgehead atoms. The van der Waals surface area contributed by atoms with E-state index in [0.717, 1.165) is 0 Å². The Morgan fingerprint density at radius 2 is 1.94 bits per heavy atom. The Balaban J connectivity index is 3.27. The Bertz CT molecular complexity index is 399. The monoisotopic (exact) mass is 259 g/mol. The van der Waals surface area contributed by atoms with Crippen molar-refractivity contribution in [2.75, 3.05) is 20.8 Å². The van der Waals surface area contributed by atoms with E-state index in [9.17, 15) is 8.78 Å². The standard InChI is InChI=1S/C13H19F2NO2/c1-5-16-13(2,12(14)15)10-7-6-9(17-3)8-11(10)18-4/h6-8,12,16H,5H2,1-4H3. The second-order valence-electron chi connectivity index (χ2n) is 4.10. The van der Waals surface area contributed by atoms with Gasteiger partial charge < -0.3 is 14.8 Å². The van der Waals surface area contributed by atoms with Crippen LogP contribution in [-0.4, -0.2) is 27.2 Å². The van der Waals surface area contributed by atoms with E-state index in [4.69, 9.17) is 9.47 Å². The highest BCUT2D eigenvalue weighted by Gasteiger charge is 2.38. The van der Waals surface area contributed by atoms with Gasteiger partial charge in [-0.15, -0.1) is 0 Å². The lowest BCUT2D eigenvalue weighted by molar-refractivity contribution is 0.0379. The van der Waals surface area contributed by atoms with Crippen molar-refractivity contribution in [3.8, 4) is 11.5 Å². The predicted octanol–water partition coefficient (Wildman–Crippen LogP) is 2.79. The molecule has 0 aliphatic carbocycles. The molecule has 5 heteroatoms. The van der Waals surface area contributed by atoms with Gasteiger partial charge in [-0.1, -0.05) is 6.92 Å². The van der Waals surface area contributed by atoms with Crippen LogP contribution in [0.4, 0.5) is 8.78 Å². The summed E-state index contributed by atoms with van der Waals surface area (Å²) < 4.78 is 36.8. The van der Waals surface area contributed by atoms with Gasteiger partial charge in [0.1, 0.15) is 17.0 Å². The molecule has 1 atom stereocenters. The summed E-state index contributed by atoms with van der Waals surface area (Å²) in [5.41, 5.74) is -1.02. The molecule has 0 aliphatic heterocycles.